The van der Waals surface area contributed by atoms with Gasteiger partial charge in [-0.15, -0.1) is 24.0 Å². The molecular weight excluding hydrogens is 488 g/mol. The Hall–Kier alpha value is -1.37. The van der Waals surface area contributed by atoms with Crippen molar-refractivity contribution in [2.24, 2.45) is 4.99 Å². The van der Waals surface area contributed by atoms with E-state index in [1.165, 1.54) is 6.07 Å². The Balaban J connectivity index is 0.00000676. The highest BCUT2D eigenvalue weighted by molar-refractivity contribution is 14.0. The van der Waals surface area contributed by atoms with Crippen LogP contribution in [0.5, 0.6) is 5.75 Å². The number of hydrogen-bond acceptors (Lipinski definition) is 3. The summed E-state index contributed by atoms with van der Waals surface area (Å²) in [5, 5.41) is 5.89. The normalized spacial score (nSPS) is 11.9. The molecular formula is C16H23F5IN3O2. The third-order valence-corrected chi connectivity index (χ3v) is 2.96. The summed E-state index contributed by atoms with van der Waals surface area (Å²) in [5.41, 5.74) is 0.485. The van der Waals surface area contributed by atoms with E-state index in [1.807, 2.05) is 6.92 Å². The molecule has 0 aromatic heterocycles. The molecule has 0 aliphatic carbocycles. The van der Waals surface area contributed by atoms with Crippen molar-refractivity contribution in [3.63, 3.8) is 0 Å². The highest BCUT2D eigenvalue weighted by Gasteiger charge is 2.27. The second-order valence-corrected chi connectivity index (χ2v) is 5.13. The zero-order valence-corrected chi connectivity index (χ0v) is 17.0. The van der Waals surface area contributed by atoms with Crippen molar-refractivity contribution in [2.75, 3.05) is 26.3 Å². The summed E-state index contributed by atoms with van der Waals surface area (Å²) in [7, 11) is 0. The molecule has 11 heteroatoms. The van der Waals surface area contributed by atoms with Gasteiger partial charge in [-0.1, -0.05) is 18.2 Å². The molecule has 0 aliphatic rings. The van der Waals surface area contributed by atoms with Gasteiger partial charge in [0, 0.05) is 25.3 Å². The van der Waals surface area contributed by atoms with E-state index in [9.17, 15) is 22.0 Å². The van der Waals surface area contributed by atoms with E-state index in [1.54, 1.807) is 18.2 Å². The Bertz CT molecular complexity index is 559. The Kier molecular flexibility index (Phi) is 13.0. The van der Waals surface area contributed by atoms with Crippen molar-refractivity contribution in [3.8, 4) is 5.75 Å². The molecule has 0 saturated carbocycles. The summed E-state index contributed by atoms with van der Waals surface area (Å²) in [6.07, 6.45) is -3.98. The first-order valence-corrected chi connectivity index (χ1v) is 8.01. The minimum atomic E-state index is -4.34. The molecule has 1 rings (SSSR count). The van der Waals surface area contributed by atoms with Gasteiger partial charge in [0.2, 0.25) is 0 Å². The molecule has 5 nitrogen and oxygen atoms in total. The van der Waals surface area contributed by atoms with Crippen molar-refractivity contribution < 1.29 is 31.4 Å². The van der Waals surface area contributed by atoms with Crippen molar-refractivity contribution in [1.82, 2.24) is 10.6 Å². The Morgan fingerprint density at radius 2 is 1.89 bits per heavy atom. The first-order chi connectivity index (χ1) is 12.3. The Morgan fingerprint density at radius 3 is 2.52 bits per heavy atom. The van der Waals surface area contributed by atoms with Gasteiger partial charge in [-0.25, -0.2) is 4.99 Å². The monoisotopic (exact) mass is 511 g/mol. The Labute approximate surface area is 171 Å². The lowest BCUT2D eigenvalue weighted by Crippen LogP contribution is -2.38. The molecule has 0 atom stereocenters. The molecule has 2 N–H and O–H groups in total. The molecule has 156 valence electrons. The number of guanidine groups is 1. The van der Waals surface area contributed by atoms with E-state index in [-0.39, 0.29) is 42.9 Å². The van der Waals surface area contributed by atoms with Crippen LogP contribution in [0.3, 0.4) is 0 Å². The molecule has 1 aromatic carbocycles. The lowest BCUT2D eigenvalue weighted by atomic mass is 10.2. The summed E-state index contributed by atoms with van der Waals surface area (Å²) in [4.78, 5) is 4.26. The van der Waals surface area contributed by atoms with E-state index in [0.29, 0.717) is 31.0 Å². The highest BCUT2D eigenvalue weighted by Crippen LogP contribution is 2.20. The standard InChI is InChI=1S/C16H22F5N3O2.HI/c1-2-22-15(23-8-5-9-25-11-16(19,20)21)24-10-12-6-3-4-7-13(12)26-14(17)18;/h3-4,6-7,14H,2,5,8-11H2,1H3,(H2,22,23,24);1H. The number of aliphatic imine (C=N–C) groups is 1. The predicted molar refractivity (Wildman–Crippen MR) is 103 cm³/mol. The maximum Gasteiger partial charge on any atom is 0.411 e. The lowest BCUT2D eigenvalue weighted by molar-refractivity contribution is -0.173. The molecule has 0 amide bonds. The van der Waals surface area contributed by atoms with E-state index < -0.39 is 19.4 Å². The highest BCUT2D eigenvalue weighted by atomic mass is 127. The number of halogens is 6. The summed E-state index contributed by atoms with van der Waals surface area (Å²) >= 11 is 0. The molecule has 0 fully saturated rings. The summed E-state index contributed by atoms with van der Waals surface area (Å²) in [5.74, 6) is 0.456. The van der Waals surface area contributed by atoms with Crippen LogP contribution >= 0.6 is 24.0 Å². The van der Waals surface area contributed by atoms with Crippen LogP contribution in [0.2, 0.25) is 0 Å². The smallest absolute Gasteiger partial charge is 0.411 e. The number of alkyl halides is 5. The van der Waals surface area contributed by atoms with Crippen LogP contribution in [0.4, 0.5) is 22.0 Å². The van der Waals surface area contributed by atoms with Crippen molar-refractivity contribution >= 4 is 29.9 Å². The van der Waals surface area contributed by atoms with Gasteiger partial charge in [0.15, 0.2) is 5.96 Å². The molecule has 0 bridgehead atoms. The van der Waals surface area contributed by atoms with Crippen molar-refractivity contribution in [1.29, 1.82) is 0 Å². The van der Waals surface area contributed by atoms with Gasteiger partial charge in [-0.2, -0.15) is 22.0 Å². The fourth-order valence-electron chi connectivity index (χ4n) is 1.92. The molecule has 27 heavy (non-hydrogen) atoms. The van der Waals surface area contributed by atoms with Crippen LogP contribution in [0.15, 0.2) is 29.3 Å². The van der Waals surface area contributed by atoms with Crippen LogP contribution in [0.25, 0.3) is 0 Å². The predicted octanol–water partition coefficient (Wildman–Crippen LogP) is 3.93. The first kappa shape index (κ1) is 25.6. The quantitative estimate of drug-likeness (QED) is 0.165. The van der Waals surface area contributed by atoms with Crippen molar-refractivity contribution in [3.05, 3.63) is 29.8 Å². The zero-order valence-electron chi connectivity index (χ0n) is 14.7. The number of rotatable bonds is 10. The number of hydrogen-bond donors (Lipinski definition) is 2. The maximum atomic E-state index is 12.4. The summed E-state index contributed by atoms with van der Waals surface area (Å²) in [6.45, 7) is -1.40. The molecule has 1 aromatic rings. The van der Waals surface area contributed by atoms with E-state index >= 15 is 0 Å². The van der Waals surface area contributed by atoms with E-state index in [0.717, 1.165) is 0 Å². The van der Waals surface area contributed by atoms with Crippen LogP contribution in [-0.2, 0) is 11.3 Å². The Morgan fingerprint density at radius 1 is 1.19 bits per heavy atom. The fraction of sp³-hybridized carbons (Fsp3) is 0.562. The minimum absolute atomic E-state index is 0. The minimum Gasteiger partial charge on any atom is -0.434 e. The average molecular weight is 511 g/mol. The van der Waals surface area contributed by atoms with Gasteiger partial charge < -0.3 is 20.1 Å². The molecule has 0 aliphatic heterocycles. The van der Waals surface area contributed by atoms with Crippen LogP contribution in [-0.4, -0.2) is 45.1 Å². The van der Waals surface area contributed by atoms with Crippen LogP contribution < -0.4 is 15.4 Å². The van der Waals surface area contributed by atoms with Crippen molar-refractivity contribution in [2.45, 2.75) is 32.7 Å². The fourth-order valence-corrected chi connectivity index (χ4v) is 1.92. The number of nitrogens with one attached hydrogen (secondary N) is 2. The number of benzene rings is 1. The third-order valence-electron chi connectivity index (χ3n) is 2.96. The number of para-hydroxylation sites is 1. The van der Waals surface area contributed by atoms with Crippen LogP contribution in [0.1, 0.15) is 18.9 Å². The molecule has 0 heterocycles. The first-order valence-electron chi connectivity index (χ1n) is 8.01. The lowest BCUT2D eigenvalue weighted by Gasteiger charge is -2.13. The molecule has 0 unspecified atom stereocenters. The van der Waals surface area contributed by atoms with E-state index in [2.05, 4.69) is 25.1 Å². The largest absolute Gasteiger partial charge is 0.434 e. The van der Waals surface area contributed by atoms with Gasteiger partial charge in [0.1, 0.15) is 12.4 Å². The van der Waals surface area contributed by atoms with Gasteiger partial charge in [-0.05, 0) is 19.4 Å². The summed E-state index contributed by atoms with van der Waals surface area (Å²) < 4.78 is 69.6. The second-order valence-electron chi connectivity index (χ2n) is 5.13. The second kappa shape index (κ2) is 13.7. The average Bonchev–Trinajstić information content (AvgIpc) is 2.55. The van der Waals surface area contributed by atoms with Gasteiger partial charge in [0.05, 0.1) is 6.54 Å². The number of nitrogens with zero attached hydrogens (tertiary/aromatic N) is 1. The zero-order chi connectivity index (χ0) is 19.4. The van der Waals surface area contributed by atoms with Gasteiger partial charge in [-0.3, -0.25) is 0 Å². The molecule has 0 radical (unpaired) electrons. The molecule has 0 saturated heterocycles. The summed E-state index contributed by atoms with van der Waals surface area (Å²) in [6, 6.07) is 6.31. The van der Waals surface area contributed by atoms with E-state index in [4.69, 9.17) is 0 Å². The van der Waals surface area contributed by atoms with Gasteiger partial charge in [0.25, 0.3) is 0 Å². The van der Waals surface area contributed by atoms with Crippen LogP contribution in [0, 0.1) is 0 Å². The van der Waals surface area contributed by atoms with Gasteiger partial charge >= 0.3 is 12.8 Å². The third kappa shape index (κ3) is 12.6. The topological polar surface area (TPSA) is 54.9 Å². The molecule has 0 spiro atoms. The number of ether oxygens (including phenoxy) is 2. The SMILES string of the molecule is CCNC(=NCc1ccccc1OC(F)F)NCCCOCC(F)(F)F.I. The maximum absolute atomic E-state index is 12.4.